The summed E-state index contributed by atoms with van der Waals surface area (Å²) in [6.07, 6.45) is 3.04. The van der Waals surface area contributed by atoms with Gasteiger partial charge in [-0.2, -0.15) is 0 Å². The molecule has 0 unspecified atom stereocenters. The lowest BCUT2D eigenvalue weighted by Gasteiger charge is -2.07. The number of aryl methyl sites for hydroxylation is 2. The van der Waals surface area contributed by atoms with Crippen LogP contribution in [0, 0.1) is 6.92 Å². The summed E-state index contributed by atoms with van der Waals surface area (Å²) < 4.78 is 29.4. The van der Waals surface area contributed by atoms with E-state index >= 15 is 0 Å². The predicted octanol–water partition coefficient (Wildman–Crippen LogP) is 2.63. The molecule has 0 saturated carbocycles. The second-order valence-corrected chi connectivity index (χ2v) is 8.16. The van der Waals surface area contributed by atoms with Crippen LogP contribution in [0.5, 0.6) is 0 Å². The zero-order chi connectivity index (χ0) is 17.1. The first-order valence-corrected chi connectivity index (χ1v) is 9.30. The molecule has 4 rings (SSSR count). The van der Waals surface area contributed by atoms with Gasteiger partial charge in [0.25, 0.3) is 10.0 Å². The molecule has 4 aromatic rings. The molecular formula is C15H12BrN5O2S. The van der Waals surface area contributed by atoms with Crippen molar-refractivity contribution in [2.75, 3.05) is 0 Å². The van der Waals surface area contributed by atoms with Crippen LogP contribution in [0.2, 0.25) is 0 Å². The molecule has 7 nitrogen and oxygen atoms in total. The summed E-state index contributed by atoms with van der Waals surface area (Å²) in [5, 5.41) is 8.66. The third-order valence-corrected chi connectivity index (χ3v) is 6.14. The van der Waals surface area contributed by atoms with Crippen LogP contribution in [-0.2, 0) is 17.1 Å². The highest BCUT2D eigenvalue weighted by atomic mass is 79.9. The molecule has 0 atom stereocenters. The van der Waals surface area contributed by atoms with E-state index in [0.717, 1.165) is 11.1 Å². The van der Waals surface area contributed by atoms with Gasteiger partial charge in [0.15, 0.2) is 5.65 Å². The zero-order valence-electron chi connectivity index (χ0n) is 12.8. The molecule has 0 radical (unpaired) electrons. The number of aromatic nitrogens is 5. The molecule has 1 aromatic carbocycles. The first-order valence-electron chi connectivity index (χ1n) is 7.07. The molecule has 0 aliphatic rings. The monoisotopic (exact) mass is 405 g/mol. The Morgan fingerprint density at radius 2 is 1.88 bits per heavy atom. The topological polar surface area (TPSA) is 82.7 Å². The lowest BCUT2D eigenvalue weighted by molar-refractivity contribution is 0.588. The summed E-state index contributed by atoms with van der Waals surface area (Å²) in [5.41, 5.74) is 2.66. The highest BCUT2D eigenvalue weighted by molar-refractivity contribution is 9.10. The van der Waals surface area contributed by atoms with E-state index < -0.39 is 10.0 Å². The van der Waals surface area contributed by atoms with E-state index in [1.54, 1.807) is 36.0 Å². The molecule has 122 valence electrons. The normalized spacial score (nSPS) is 12.3. The summed E-state index contributed by atoms with van der Waals surface area (Å²) >= 11 is 3.44. The Balaban J connectivity index is 2.06. The maximum atomic E-state index is 13.0. The fourth-order valence-electron chi connectivity index (χ4n) is 2.67. The van der Waals surface area contributed by atoms with Crippen molar-refractivity contribution in [3.63, 3.8) is 0 Å². The summed E-state index contributed by atoms with van der Waals surface area (Å²) in [5.74, 6) is 0. The van der Waals surface area contributed by atoms with Crippen LogP contribution >= 0.6 is 15.9 Å². The summed E-state index contributed by atoms with van der Waals surface area (Å²) in [6.45, 7) is 1.91. The molecule has 0 N–H and O–H groups in total. The summed E-state index contributed by atoms with van der Waals surface area (Å²) in [6, 6.07) is 6.72. The van der Waals surface area contributed by atoms with Crippen LogP contribution in [0.25, 0.3) is 22.1 Å². The number of hydrogen-bond acceptors (Lipinski definition) is 5. The molecule has 3 aromatic heterocycles. The standard InChI is InChI=1S/C15H12BrN5O2S/c1-9-3-5-10(6-4-9)24(22,23)21-8-11(16)13-14-12(7-17-15(13)21)18-19-20(14)2/h3-8H,1-2H3. The number of pyridine rings is 1. The van der Waals surface area contributed by atoms with Crippen LogP contribution in [-0.4, -0.2) is 32.4 Å². The summed E-state index contributed by atoms with van der Waals surface area (Å²) in [7, 11) is -2.00. The van der Waals surface area contributed by atoms with Gasteiger partial charge < -0.3 is 0 Å². The van der Waals surface area contributed by atoms with Crippen LogP contribution in [0.1, 0.15) is 5.56 Å². The Labute approximate surface area is 146 Å². The number of fused-ring (bicyclic) bond motifs is 3. The smallest absolute Gasteiger partial charge is 0.247 e. The SMILES string of the molecule is Cc1ccc(S(=O)(=O)n2cc(Br)c3c2ncc2nnn(C)c23)cc1. The lowest BCUT2D eigenvalue weighted by atomic mass is 10.2. The fourth-order valence-corrected chi connectivity index (χ4v) is 4.69. The van der Waals surface area contributed by atoms with E-state index in [-0.39, 0.29) is 4.90 Å². The van der Waals surface area contributed by atoms with Crippen molar-refractivity contribution in [2.24, 2.45) is 7.05 Å². The Morgan fingerprint density at radius 1 is 1.17 bits per heavy atom. The number of rotatable bonds is 2. The van der Waals surface area contributed by atoms with Gasteiger partial charge in [0.2, 0.25) is 0 Å². The maximum Gasteiger partial charge on any atom is 0.269 e. The minimum absolute atomic E-state index is 0.211. The van der Waals surface area contributed by atoms with E-state index in [9.17, 15) is 8.42 Å². The molecule has 0 aliphatic heterocycles. The zero-order valence-corrected chi connectivity index (χ0v) is 15.2. The third kappa shape index (κ3) is 2.08. The highest BCUT2D eigenvalue weighted by Gasteiger charge is 2.24. The van der Waals surface area contributed by atoms with Gasteiger partial charge in [0, 0.05) is 17.7 Å². The molecule has 0 spiro atoms. The van der Waals surface area contributed by atoms with E-state index in [4.69, 9.17) is 0 Å². The van der Waals surface area contributed by atoms with Gasteiger partial charge in [-0.25, -0.2) is 22.1 Å². The molecule has 0 bridgehead atoms. The highest BCUT2D eigenvalue weighted by Crippen LogP contribution is 2.32. The van der Waals surface area contributed by atoms with Crippen LogP contribution in [0.4, 0.5) is 0 Å². The van der Waals surface area contributed by atoms with E-state index in [0.29, 0.717) is 21.0 Å². The number of halogens is 1. The van der Waals surface area contributed by atoms with E-state index in [1.165, 1.54) is 16.4 Å². The van der Waals surface area contributed by atoms with Crippen molar-refractivity contribution in [1.29, 1.82) is 0 Å². The van der Waals surface area contributed by atoms with Crippen molar-refractivity contribution >= 4 is 48.0 Å². The molecular weight excluding hydrogens is 394 g/mol. The first kappa shape index (κ1) is 15.3. The molecule has 0 aliphatic carbocycles. The molecule has 9 heteroatoms. The van der Waals surface area contributed by atoms with E-state index in [2.05, 4.69) is 31.2 Å². The van der Waals surface area contributed by atoms with Gasteiger partial charge in [-0.15, -0.1) is 5.10 Å². The minimum Gasteiger partial charge on any atom is -0.247 e. The van der Waals surface area contributed by atoms with Gasteiger partial charge in [0.05, 0.1) is 16.5 Å². The number of benzene rings is 1. The van der Waals surface area contributed by atoms with Crippen molar-refractivity contribution < 1.29 is 8.42 Å². The Morgan fingerprint density at radius 3 is 2.58 bits per heavy atom. The Kier molecular flexibility index (Phi) is 3.26. The molecule has 24 heavy (non-hydrogen) atoms. The number of nitrogens with zero attached hydrogens (tertiary/aromatic N) is 5. The maximum absolute atomic E-state index is 13.0. The number of hydrogen-bond donors (Lipinski definition) is 0. The van der Waals surface area contributed by atoms with Crippen molar-refractivity contribution in [2.45, 2.75) is 11.8 Å². The van der Waals surface area contributed by atoms with Gasteiger partial charge in [-0.1, -0.05) is 22.9 Å². The van der Waals surface area contributed by atoms with Crippen molar-refractivity contribution in [3.8, 4) is 0 Å². The third-order valence-electron chi connectivity index (χ3n) is 3.88. The van der Waals surface area contributed by atoms with Gasteiger partial charge >= 0.3 is 0 Å². The second-order valence-electron chi connectivity index (χ2n) is 5.49. The Hall–Kier alpha value is -2.26. The van der Waals surface area contributed by atoms with Gasteiger partial charge in [-0.05, 0) is 35.0 Å². The van der Waals surface area contributed by atoms with Crippen LogP contribution < -0.4 is 0 Å². The van der Waals surface area contributed by atoms with Crippen molar-refractivity contribution in [3.05, 3.63) is 46.7 Å². The fraction of sp³-hybridized carbons (Fsp3) is 0.133. The van der Waals surface area contributed by atoms with Gasteiger partial charge in [-0.3, -0.25) is 0 Å². The first-order chi connectivity index (χ1) is 11.4. The predicted molar refractivity (Wildman–Crippen MR) is 93.3 cm³/mol. The second kappa shape index (κ2) is 5.12. The lowest BCUT2D eigenvalue weighted by Crippen LogP contribution is -2.12. The summed E-state index contributed by atoms with van der Waals surface area (Å²) in [4.78, 5) is 4.50. The molecule has 0 amide bonds. The quantitative estimate of drug-likeness (QED) is 0.511. The Bertz CT molecular complexity index is 1190. The molecule has 0 fully saturated rings. The largest absolute Gasteiger partial charge is 0.269 e. The molecule has 3 heterocycles. The van der Waals surface area contributed by atoms with Crippen LogP contribution in [0.3, 0.4) is 0 Å². The van der Waals surface area contributed by atoms with Crippen LogP contribution in [0.15, 0.2) is 46.0 Å². The molecule has 0 saturated heterocycles. The van der Waals surface area contributed by atoms with E-state index in [1.807, 2.05) is 6.92 Å². The minimum atomic E-state index is -3.75. The average Bonchev–Trinajstić information content (AvgIpc) is 3.09. The van der Waals surface area contributed by atoms with Crippen molar-refractivity contribution in [1.82, 2.24) is 24.0 Å². The average molecular weight is 406 g/mol. The van der Waals surface area contributed by atoms with Gasteiger partial charge in [0.1, 0.15) is 11.0 Å².